The lowest BCUT2D eigenvalue weighted by atomic mass is 10.2. The van der Waals surface area contributed by atoms with Gasteiger partial charge in [-0.3, -0.25) is 4.79 Å². The van der Waals surface area contributed by atoms with E-state index < -0.39 is 0 Å². The fraction of sp³-hybridized carbons (Fsp3) is 0.211. The predicted octanol–water partition coefficient (Wildman–Crippen LogP) is 4.73. The number of hydrogen-bond donors (Lipinski definition) is 1. The fourth-order valence-electron chi connectivity index (χ4n) is 2.15. The molecule has 0 aromatic heterocycles. The molecule has 0 aliphatic heterocycles. The molecule has 132 valence electrons. The van der Waals surface area contributed by atoms with E-state index in [1.54, 1.807) is 31.4 Å². The highest BCUT2D eigenvalue weighted by Crippen LogP contribution is 2.28. The quantitative estimate of drug-likeness (QED) is 0.756. The number of amides is 1. The van der Waals surface area contributed by atoms with Crippen molar-refractivity contribution < 1.29 is 14.3 Å². The molecule has 0 fully saturated rings. The Labute approximate surface area is 157 Å². The number of rotatable bonds is 7. The molecule has 2 rings (SSSR count). The van der Waals surface area contributed by atoms with Crippen molar-refractivity contribution in [2.24, 2.45) is 0 Å². The molecule has 25 heavy (non-hydrogen) atoms. The van der Waals surface area contributed by atoms with Crippen molar-refractivity contribution in [2.75, 3.05) is 13.7 Å². The number of hydrogen-bond acceptors (Lipinski definition) is 3. The summed E-state index contributed by atoms with van der Waals surface area (Å²) in [5.74, 6) is 0.824. The van der Waals surface area contributed by atoms with Crippen LogP contribution in [0, 0.1) is 0 Å². The van der Waals surface area contributed by atoms with Gasteiger partial charge in [-0.15, -0.1) is 0 Å². The van der Waals surface area contributed by atoms with Crippen LogP contribution in [0.15, 0.2) is 42.5 Å². The molecule has 0 aliphatic carbocycles. The average Bonchev–Trinajstić information content (AvgIpc) is 2.60. The summed E-state index contributed by atoms with van der Waals surface area (Å²) in [6.07, 6.45) is 3.89. The van der Waals surface area contributed by atoms with Crippen LogP contribution in [0.25, 0.3) is 6.08 Å². The molecule has 4 nitrogen and oxygen atoms in total. The zero-order valence-corrected chi connectivity index (χ0v) is 15.5. The predicted molar refractivity (Wildman–Crippen MR) is 102 cm³/mol. The van der Waals surface area contributed by atoms with Crippen LogP contribution in [0.5, 0.6) is 11.5 Å². The normalized spacial score (nSPS) is 10.7. The van der Waals surface area contributed by atoms with Crippen LogP contribution in [-0.2, 0) is 11.3 Å². The maximum atomic E-state index is 12.0. The van der Waals surface area contributed by atoms with E-state index >= 15 is 0 Å². The number of nitrogens with one attached hydrogen (secondary N) is 1. The third kappa shape index (κ3) is 5.69. The molecule has 0 saturated carbocycles. The summed E-state index contributed by atoms with van der Waals surface area (Å²) in [5, 5.41) is 3.82. The van der Waals surface area contributed by atoms with Crippen LogP contribution < -0.4 is 14.8 Å². The molecule has 0 radical (unpaired) electrons. The van der Waals surface area contributed by atoms with E-state index in [2.05, 4.69) is 5.32 Å². The summed E-state index contributed by atoms with van der Waals surface area (Å²) in [7, 11) is 1.56. The number of halogens is 2. The van der Waals surface area contributed by atoms with Crippen molar-refractivity contribution in [2.45, 2.75) is 13.5 Å². The SMILES string of the molecule is C/C=C/c1ccc(OCC(=O)NCc2ccc(Cl)cc2Cl)c(OC)c1. The van der Waals surface area contributed by atoms with Gasteiger partial charge >= 0.3 is 0 Å². The molecule has 0 atom stereocenters. The van der Waals surface area contributed by atoms with Crippen LogP contribution in [0.4, 0.5) is 0 Å². The van der Waals surface area contributed by atoms with E-state index in [1.165, 1.54) is 0 Å². The molecule has 0 heterocycles. The molecule has 1 amide bonds. The Balaban J connectivity index is 1.91. The van der Waals surface area contributed by atoms with Gasteiger partial charge in [-0.05, 0) is 42.3 Å². The summed E-state index contributed by atoms with van der Waals surface area (Å²) >= 11 is 11.9. The van der Waals surface area contributed by atoms with E-state index in [0.29, 0.717) is 28.1 Å². The Bertz CT molecular complexity index is 775. The first kappa shape index (κ1) is 19.2. The number of methoxy groups -OCH3 is 1. The number of allylic oxidation sites excluding steroid dienone is 1. The lowest BCUT2D eigenvalue weighted by Gasteiger charge is -2.12. The first-order valence-corrected chi connectivity index (χ1v) is 8.43. The van der Waals surface area contributed by atoms with Crippen molar-refractivity contribution >= 4 is 35.2 Å². The zero-order chi connectivity index (χ0) is 18.2. The molecule has 0 aliphatic rings. The Morgan fingerprint density at radius 2 is 1.96 bits per heavy atom. The van der Waals surface area contributed by atoms with Crippen molar-refractivity contribution in [3.8, 4) is 11.5 Å². The van der Waals surface area contributed by atoms with Gasteiger partial charge in [0.2, 0.25) is 0 Å². The van der Waals surface area contributed by atoms with Gasteiger partial charge in [-0.2, -0.15) is 0 Å². The molecular formula is C19H19Cl2NO3. The standard InChI is InChI=1S/C19H19Cl2NO3/c1-3-4-13-5-8-17(18(9-13)24-2)25-12-19(23)22-11-14-6-7-15(20)10-16(14)21/h3-10H,11-12H2,1-2H3,(H,22,23)/b4-3+. The van der Waals surface area contributed by atoms with Gasteiger partial charge in [-0.1, -0.05) is 47.5 Å². The summed E-state index contributed by atoms with van der Waals surface area (Å²) in [4.78, 5) is 12.0. The van der Waals surface area contributed by atoms with E-state index in [4.69, 9.17) is 32.7 Å². The average molecular weight is 380 g/mol. The third-order valence-corrected chi connectivity index (χ3v) is 3.98. The monoisotopic (exact) mass is 379 g/mol. The smallest absolute Gasteiger partial charge is 0.258 e. The number of carbonyl (C=O) groups is 1. The molecule has 0 unspecified atom stereocenters. The van der Waals surface area contributed by atoms with Crippen molar-refractivity contribution in [3.63, 3.8) is 0 Å². The molecule has 1 N–H and O–H groups in total. The Hall–Kier alpha value is -2.17. The summed E-state index contributed by atoms with van der Waals surface area (Å²) in [6, 6.07) is 10.6. The maximum Gasteiger partial charge on any atom is 0.258 e. The first-order chi connectivity index (χ1) is 12.0. The lowest BCUT2D eigenvalue weighted by Crippen LogP contribution is -2.28. The topological polar surface area (TPSA) is 47.6 Å². The fourth-order valence-corrected chi connectivity index (χ4v) is 2.63. The highest BCUT2D eigenvalue weighted by molar-refractivity contribution is 6.35. The highest BCUT2D eigenvalue weighted by atomic mass is 35.5. The van der Waals surface area contributed by atoms with Crippen molar-refractivity contribution in [1.29, 1.82) is 0 Å². The van der Waals surface area contributed by atoms with Gasteiger partial charge < -0.3 is 14.8 Å². The van der Waals surface area contributed by atoms with Gasteiger partial charge in [0.15, 0.2) is 18.1 Å². The Kier molecular flexibility index (Phi) is 7.16. The van der Waals surface area contributed by atoms with E-state index in [9.17, 15) is 4.79 Å². The minimum atomic E-state index is -0.259. The Morgan fingerprint density at radius 1 is 1.16 bits per heavy atom. The molecule has 0 saturated heterocycles. The summed E-state index contributed by atoms with van der Waals surface area (Å²) in [6.45, 7) is 2.12. The number of benzene rings is 2. The first-order valence-electron chi connectivity index (χ1n) is 7.67. The van der Waals surface area contributed by atoms with Crippen molar-refractivity contribution in [1.82, 2.24) is 5.32 Å². The third-order valence-electron chi connectivity index (χ3n) is 3.40. The van der Waals surface area contributed by atoms with Crippen LogP contribution in [0.3, 0.4) is 0 Å². The van der Waals surface area contributed by atoms with Crippen molar-refractivity contribution in [3.05, 3.63) is 63.6 Å². The van der Waals surface area contributed by atoms with Crippen LogP contribution >= 0.6 is 23.2 Å². The van der Waals surface area contributed by atoms with Gasteiger partial charge in [0.05, 0.1) is 7.11 Å². The maximum absolute atomic E-state index is 12.0. The number of ether oxygens (including phenoxy) is 2. The molecule has 6 heteroatoms. The Morgan fingerprint density at radius 3 is 2.64 bits per heavy atom. The van der Waals surface area contributed by atoms with Gasteiger partial charge in [0.25, 0.3) is 5.91 Å². The lowest BCUT2D eigenvalue weighted by molar-refractivity contribution is -0.123. The molecule has 0 spiro atoms. The van der Waals surface area contributed by atoms with Crippen LogP contribution in [0.2, 0.25) is 10.0 Å². The van der Waals surface area contributed by atoms with E-state index in [1.807, 2.05) is 31.2 Å². The van der Waals surface area contributed by atoms with E-state index in [-0.39, 0.29) is 12.5 Å². The summed E-state index contributed by atoms with van der Waals surface area (Å²) in [5.41, 5.74) is 1.78. The van der Waals surface area contributed by atoms with E-state index in [0.717, 1.165) is 11.1 Å². The molecule has 2 aromatic rings. The molecular weight excluding hydrogens is 361 g/mol. The van der Waals surface area contributed by atoms with Gasteiger partial charge in [0, 0.05) is 16.6 Å². The second-order valence-electron chi connectivity index (χ2n) is 5.21. The minimum Gasteiger partial charge on any atom is -0.493 e. The second kappa shape index (κ2) is 9.35. The van der Waals surface area contributed by atoms with Gasteiger partial charge in [0.1, 0.15) is 0 Å². The zero-order valence-electron chi connectivity index (χ0n) is 14.0. The molecule has 0 bridgehead atoms. The van der Waals surface area contributed by atoms with Gasteiger partial charge in [-0.25, -0.2) is 0 Å². The van der Waals surface area contributed by atoms with Crippen LogP contribution in [0.1, 0.15) is 18.1 Å². The highest BCUT2D eigenvalue weighted by Gasteiger charge is 2.09. The summed E-state index contributed by atoms with van der Waals surface area (Å²) < 4.78 is 10.8. The largest absolute Gasteiger partial charge is 0.493 e. The minimum absolute atomic E-state index is 0.121. The van der Waals surface area contributed by atoms with Crippen LogP contribution in [-0.4, -0.2) is 19.6 Å². The molecule has 2 aromatic carbocycles. The second-order valence-corrected chi connectivity index (χ2v) is 6.06. The number of carbonyl (C=O) groups excluding carboxylic acids is 1.